The minimum atomic E-state index is -0.192. The van der Waals surface area contributed by atoms with Crippen LogP contribution < -0.4 is 5.32 Å². The molecule has 1 aromatic carbocycles. The third-order valence-electron chi connectivity index (χ3n) is 3.75. The molecular formula is C14H20FNO. The van der Waals surface area contributed by atoms with Gasteiger partial charge in [-0.2, -0.15) is 0 Å². The SMILES string of the molecule is CCOC1CC(Nc2ccccc2F)C1(C)C. The molecule has 0 spiro atoms. The zero-order valence-corrected chi connectivity index (χ0v) is 10.7. The molecule has 3 heteroatoms. The summed E-state index contributed by atoms with van der Waals surface area (Å²) in [4.78, 5) is 0. The highest BCUT2D eigenvalue weighted by Gasteiger charge is 2.48. The maximum absolute atomic E-state index is 13.5. The Hall–Kier alpha value is -1.09. The van der Waals surface area contributed by atoms with Crippen LogP contribution in [0.2, 0.25) is 0 Å². The fourth-order valence-electron chi connectivity index (χ4n) is 2.38. The van der Waals surface area contributed by atoms with E-state index in [9.17, 15) is 4.39 Å². The van der Waals surface area contributed by atoms with Gasteiger partial charge in [-0.05, 0) is 25.5 Å². The van der Waals surface area contributed by atoms with Crippen LogP contribution >= 0.6 is 0 Å². The second-order valence-electron chi connectivity index (χ2n) is 5.18. The molecule has 0 heterocycles. The first-order chi connectivity index (χ1) is 8.05. The molecule has 0 saturated heterocycles. The topological polar surface area (TPSA) is 21.3 Å². The maximum atomic E-state index is 13.5. The predicted octanol–water partition coefficient (Wildman–Crippen LogP) is 3.44. The molecule has 2 rings (SSSR count). The Morgan fingerprint density at radius 2 is 2.12 bits per heavy atom. The lowest BCUT2D eigenvalue weighted by Gasteiger charge is -2.52. The monoisotopic (exact) mass is 237 g/mol. The van der Waals surface area contributed by atoms with Crippen molar-refractivity contribution in [1.29, 1.82) is 0 Å². The number of ether oxygens (including phenoxy) is 1. The van der Waals surface area contributed by atoms with Gasteiger partial charge in [0.25, 0.3) is 0 Å². The minimum Gasteiger partial charge on any atom is -0.379 e. The first-order valence-corrected chi connectivity index (χ1v) is 6.18. The summed E-state index contributed by atoms with van der Waals surface area (Å²) < 4.78 is 19.2. The van der Waals surface area contributed by atoms with Crippen LogP contribution in [0.1, 0.15) is 27.2 Å². The zero-order chi connectivity index (χ0) is 12.5. The summed E-state index contributed by atoms with van der Waals surface area (Å²) in [6.45, 7) is 7.07. The number of hydrogen-bond donors (Lipinski definition) is 1. The molecule has 94 valence electrons. The number of halogens is 1. The van der Waals surface area contributed by atoms with Gasteiger partial charge in [-0.1, -0.05) is 26.0 Å². The third kappa shape index (κ3) is 2.29. The maximum Gasteiger partial charge on any atom is 0.146 e. The van der Waals surface area contributed by atoms with Crippen molar-refractivity contribution in [3.8, 4) is 0 Å². The molecule has 1 aromatic rings. The number of para-hydroxylation sites is 1. The van der Waals surface area contributed by atoms with Gasteiger partial charge in [0, 0.05) is 18.1 Å². The molecule has 0 aliphatic heterocycles. The van der Waals surface area contributed by atoms with E-state index >= 15 is 0 Å². The van der Waals surface area contributed by atoms with Gasteiger partial charge in [0.05, 0.1) is 11.8 Å². The van der Waals surface area contributed by atoms with Crippen molar-refractivity contribution in [2.24, 2.45) is 5.41 Å². The van der Waals surface area contributed by atoms with Crippen LogP contribution in [0, 0.1) is 11.2 Å². The highest BCUT2D eigenvalue weighted by atomic mass is 19.1. The second kappa shape index (κ2) is 4.65. The average Bonchev–Trinajstić information content (AvgIpc) is 2.30. The van der Waals surface area contributed by atoms with Crippen LogP contribution in [0.15, 0.2) is 24.3 Å². The summed E-state index contributed by atoms with van der Waals surface area (Å²) >= 11 is 0. The highest BCUT2D eigenvalue weighted by molar-refractivity contribution is 5.46. The van der Waals surface area contributed by atoms with Crippen LogP contribution in [0.5, 0.6) is 0 Å². The summed E-state index contributed by atoms with van der Waals surface area (Å²) in [5.41, 5.74) is 0.638. The van der Waals surface area contributed by atoms with Crippen molar-refractivity contribution in [3.63, 3.8) is 0 Å². The number of hydrogen-bond acceptors (Lipinski definition) is 2. The Morgan fingerprint density at radius 3 is 2.71 bits per heavy atom. The molecule has 1 N–H and O–H groups in total. The molecule has 1 aliphatic rings. The van der Waals surface area contributed by atoms with Crippen LogP contribution in [-0.2, 0) is 4.74 Å². The van der Waals surface area contributed by atoms with Gasteiger partial charge in [-0.3, -0.25) is 0 Å². The van der Waals surface area contributed by atoms with Crippen molar-refractivity contribution in [2.45, 2.75) is 39.3 Å². The van der Waals surface area contributed by atoms with Crippen molar-refractivity contribution < 1.29 is 9.13 Å². The molecule has 1 aliphatic carbocycles. The molecule has 0 amide bonds. The average molecular weight is 237 g/mol. The largest absolute Gasteiger partial charge is 0.379 e. The van der Waals surface area contributed by atoms with Gasteiger partial charge in [0.15, 0.2) is 0 Å². The fourth-order valence-corrected chi connectivity index (χ4v) is 2.38. The van der Waals surface area contributed by atoms with Crippen molar-refractivity contribution >= 4 is 5.69 Å². The van der Waals surface area contributed by atoms with E-state index < -0.39 is 0 Å². The van der Waals surface area contributed by atoms with E-state index in [1.165, 1.54) is 6.07 Å². The molecule has 0 bridgehead atoms. The third-order valence-corrected chi connectivity index (χ3v) is 3.75. The molecule has 0 radical (unpaired) electrons. The van der Waals surface area contributed by atoms with Crippen LogP contribution in [-0.4, -0.2) is 18.8 Å². The van der Waals surface area contributed by atoms with E-state index in [0.717, 1.165) is 13.0 Å². The second-order valence-corrected chi connectivity index (χ2v) is 5.18. The zero-order valence-electron chi connectivity index (χ0n) is 10.7. The minimum absolute atomic E-state index is 0.0539. The van der Waals surface area contributed by atoms with Crippen LogP contribution in [0.3, 0.4) is 0 Å². The summed E-state index contributed by atoms with van der Waals surface area (Å²) in [6.07, 6.45) is 1.21. The number of rotatable bonds is 4. The molecule has 2 atom stereocenters. The quantitative estimate of drug-likeness (QED) is 0.866. The van der Waals surface area contributed by atoms with Gasteiger partial charge in [0.1, 0.15) is 5.82 Å². The van der Waals surface area contributed by atoms with E-state index in [1.54, 1.807) is 12.1 Å². The number of benzene rings is 1. The first kappa shape index (κ1) is 12.4. The molecule has 1 fully saturated rings. The first-order valence-electron chi connectivity index (χ1n) is 6.18. The van der Waals surface area contributed by atoms with Gasteiger partial charge in [-0.25, -0.2) is 4.39 Å². The lowest BCUT2D eigenvalue weighted by atomic mass is 9.64. The van der Waals surface area contributed by atoms with Crippen LogP contribution in [0.25, 0.3) is 0 Å². The molecule has 17 heavy (non-hydrogen) atoms. The summed E-state index contributed by atoms with van der Waals surface area (Å²) in [7, 11) is 0. The van der Waals surface area contributed by atoms with Gasteiger partial charge < -0.3 is 10.1 Å². The van der Waals surface area contributed by atoms with Crippen molar-refractivity contribution in [1.82, 2.24) is 0 Å². The Balaban J connectivity index is 2.01. The van der Waals surface area contributed by atoms with E-state index in [-0.39, 0.29) is 23.4 Å². The van der Waals surface area contributed by atoms with Crippen molar-refractivity contribution in [3.05, 3.63) is 30.1 Å². The van der Waals surface area contributed by atoms with E-state index in [1.807, 2.05) is 13.0 Å². The highest BCUT2D eigenvalue weighted by Crippen LogP contribution is 2.44. The summed E-state index contributed by atoms with van der Waals surface area (Å²) in [5.74, 6) is -0.192. The predicted molar refractivity (Wildman–Crippen MR) is 67.6 cm³/mol. The van der Waals surface area contributed by atoms with Gasteiger partial charge in [0.2, 0.25) is 0 Å². The Morgan fingerprint density at radius 1 is 1.41 bits per heavy atom. The number of nitrogens with one attached hydrogen (secondary N) is 1. The standard InChI is InChI=1S/C14H20FNO/c1-4-17-13-9-12(14(13,2)3)16-11-8-6-5-7-10(11)15/h5-8,12-13,16H,4,9H2,1-3H3. The molecular weight excluding hydrogens is 217 g/mol. The lowest BCUT2D eigenvalue weighted by molar-refractivity contribution is -0.0976. The van der Waals surface area contributed by atoms with E-state index in [4.69, 9.17) is 4.74 Å². The Bertz CT molecular complexity index is 392. The van der Waals surface area contributed by atoms with Crippen molar-refractivity contribution in [2.75, 3.05) is 11.9 Å². The fraction of sp³-hybridized carbons (Fsp3) is 0.571. The van der Waals surface area contributed by atoms with Gasteiger partial charge >= 0.3 is 0 Å². The van der Waals surface area contributed by atoms with Crippen LogP contribution in [0.4, 0.5) is 10.1 Å². The Labute approximate surface area is 102 Å². The molecule has 0 aromatic heterocycles. The Kier molecular flexibility index (Phi) is 3.38. The van der Waals surface area contributed by atoms with E-state index in [2.05, 4.69) is 19.2 Å². The normalized spacial score (nSPS) is 26.4. The number of anilines is 1. The summed E-state index contributed by atoms with van der Waals surface area (Å²) in [6, 6.07) is 7.08. The van der Waals surface area contributed by atoms with E-state index in [0.29, 0.717) is 5.69 Å². The van der Waals surface area contributed by atoms with Gasteiger partial charge in [-0.15, -0.1) is 0 Å². The molecule has 2 nitrogen and oxygen atoms in total. The molecule has 1 saturated carbocycles. The smallest absolute Gasteiger partial charge is 0.146 e. The lowest BCUT2D eigenvalue weighted by Crippen LogP contribution is -2.58. The summed E-state index contributed by atoms with van der Waals surface area (Å²) in [5, 5.41) is 3.27. The molecule has 2 unspecified atom stereocenters.